The van der Waals surface area contributed by atoms with Gasteiger partial charge in [-0.2, -0.15) is 13.2 Å². The third-order valence-corrected chi connectivity index (χ3v) is 6.50. The van der Waals surface area contributed by atoms with E-state index in [0.29, 0.717) is 16.7 Å². The number of cyclic esters (lactones) is 1. The molecule has 1 unspecified atom stereocenters. The van der Waals surface area contributed by atoms with E-state index in [0.717, 1.165) is 0 Å². The SMILES string of the molecule is CCC[N+](C(=O)C(F)(F)F)(c1c(C/C=C(\C)CCC(=O)O)c(OC)c(C)c2c1C(=O)OC2)C(C)C. The number of esters is 1. The summed E-state index contributed by atoms with van der Waals surface area (Å²) >= 11 is 0. The Labute approximate surface area is 203 Å². The highest BCUT2D eigenvalue weighted by Crippen LogP contribution is 2.48. The van der Waals surface area contributed by atoms with Gasteiger partial charge in [-0.3, -0.25) is 4.79 Å². The summed E-state index contributed by atoms with van der Waals surface area (Å²) in [7, 11) is 1.39. The maximum Gasteiger partial charge on any atom is 0.510 e. The van der Waals surface area contributed by atoms with Crippen LogP contribution >= 0.6 is 0 Å². The van der Waals surface area contributed by atoms with Gasteiger partial charge in [-0.15, -0.1) is 0 Å². The number of aliphatic carboxylic acids is 1. The van der Waals surface area contributed by atoms with Crippen molar-refractivity contribution in [1.82, 2.24) is 4.48 Å². The number of quaternary nitrogens is 1. The Morgan fingerprint density at radius 3 is 2.37 bits per heavy atom. The van der Waals surface area contributed by atoms with E-state index in [9.17, 15) is 27.6 Å². The predicted octanol–water partition coefficient (Wildman–Crippen LogP) is 5.24. The summed E-state index contributed by atoms with van der Waals surface area (Å²) in [4.78, 5) is 37.0. The first-order chi connectivity index (χ1) is 16.2. The third kappa shape index (κ3) is 5.37. The minimum Gasteiger partial charge on any atom is -0.496 e. The van der Waals surface area contributed by atoms with E-state index in [1.54, 1.807) is 26.8 Å². The quantitative estimate of drug-likeness (QED) is 0.268. The number of halogens is 3. The number of fused-ring (bicyclic) bond motifs is 1. The van der Waals surface area contributed by atoms with Crippen LogP contribution in [0.15, 0.2) is 11.6 Å². The molecule has 0 radical (unpaired) electrons. The summed E-state index contributed by atoms with van der Waals surface area (Å²) in [5.41, 5.74) is 1.90. The van der Waals surface area contributed by atoms with E-state index < -0.39 is 34.5 Å². The summed E-state index contributed by atoms with van der Waals surface area (Å²) in [5, 5.41) is 8.96. The van der Waals surface area contributed by atoms with Crippen LogP contribution in [-0.2, 0) is 27.4 Å². The standard InChI is InChI=1S/C25H32F3NO6/c1-7-12-29(14(2)3,24(33)25(26,27)28)21-17(10-8-15(4)9-11-19(30)31)22(34-6)16(5)18-13-35-23(32)20(18)21/h8,14H,7,9-13H2,1-6H3/p+1/b15-8+. The predicted molar refractivity (Wildman–Crippen MR) is 124 cm³/mol. The lowest BCUT2D eigenvalue weighted by Crippen LogP contribution is -2.64. The number of carbonyl (C=O) groups excluding carboxylic acids is 2. The highest BCUT2D eigenvalue weighted by atomic mass is 19.4. The minimum absolute atomic E-state index is 0.0189. The Balaban J connectivity index is 2.98. The van der Waals surface area contributed by atoms with Crippen molar-refractivity contribution in [1.29, 1.82) is 0 Å². The Morgan fingerprint density at radius 2 is 1.89 bits per heavy atom. The Kier molecular flexibility index (Phi) is 8.75. The molecule has 35 heavy (non-hydrogen) atoms. The summed E-state index contributed by atoms with van der Waals surface area (Å²) in [6, 6.07) is -0.857. The lowest BCUT2D eigenvalue weighted by Gasteiger charge is -2.41. The van der Waals surface area contributed by atoms with Crippen LogP contribution in [0.2, 0.25) is 0 Å². The van der Waals surface area contributed by atoms with Gasteiger partial charge in [0.1, 0.15) is 17.9 Å². The van der Waals surface area contributed by atoms with Gasteiger partial charge >= 0.3 is 24.0 Å². The van der Waals surface area contributed by atoms with Gasteiger partial charge in [-0.1, -0.05) is 18.6 Å². The van der Waals surface area contributed by atoms with Gasteiger partial charge in [0, 0.05) is 18.4 Å². The van der Waals surface area contributed by atoms with Crippen LogP contribution in [0.5, 0.6) is 5.75 Å². The second kappa shape index (κ2) is 10.8. The van der Waals surface area contributed by atoms with E-state index in [-0.39, 0.29) is 61.4 Å². The molecule has 0 aromatic heterocycles. The molecule has 0 bridgehead atoms. The number of allylic oxidation sites excluding steroid dienone is 2. The zero-order chi connectivity index (χ0) is 26.7. The fourth-order valence-electron chi connectivity index (χ4n) is 4.80. The minimum atomic E-state index is -5.16. The van der Waals surface area contributed by atoms with Crippen molar-refractivity contribution in [2.45, 2.75) is 79.1 Å². The molecular weight excluding hydrogens is 467 g/mol. The van der Waals surface area contributed by atoms with Gasteiger partial charge in [-0.25, -0.2) is 14.1 Å². The number of ether oxygens (including phenoxy) is 2. The molecule has 0 saturated heterocycles. The molecule has 10 heteroatoms. The van der Waals surface area contributed by atoms with Crippen LogP contribution in [-0.4, -0.2) is 48.8 Å². The fourth-order valence-corrected chi connectivity index (χ4v) is 4.80. The van der Waals surface area contributed by atoms with Gasteiger partial charge in [0.05, 0.1) is 25.3 Å². The molecular formula is C25H33F3NO6+. The monoisotopic (exact) mass is 500 g/mol. The van der Waals surface area contributed by atoms with Crippen molar-refractivity contribution in [3.05, 3.63) is 33.9 Å². The van der Waals surface area contributed by atoms with Gasteiger partial charge < -0.3 is 14.6 Å². The highest BCUT2D eigenvalue weighted by molar-refractivity contribution is 6.06. The average Bonchev–Trinajstić information content (AvgIpc) is 3.15. The number of carbonyl (C=O) groups is 3. The number of alkyl halides is 3. The fraction of sp³-hybridized carbons (Fsp3) is 0.560. The molecule has 1 amide bonds. The van der Waals surface area contributed by atoms with Crippen molar-refractivity contribution in [2.75, 3.05) is 13.7 Å². The summed E-state index contributed by atoms with van der Waals surface area (Å²) in [5.74, 6) is -3.42. The smallest absolute Gasteiger partial charge is 0.496 e. The summed E-state index contributed by atoms with van der Waals surface area (Å²) < 4.78 is 52.0. The number of methoxy groups -OCH3 is 1. The molecule has 194 valence electrons. The molecule has 0 fully saturated rings. The van der Waals surface area contributed by atoms with Crippen molar-refractivity contribution in [3.8, 4) is 5.75 Å². The number of carboxylic acids is 1. The maximum atomic E-state index is 14.1. The van der Waals surface area contributed by atoms with Crippen LogP contribution < -0.4 is 9.22 Å². The molecule has 7 nitrogen and oxygen atoms in total. The van der Waals surface area contributed by atoms with Crippen LogP contribution in [0.3, 0.4) is 0 Å². The maximum absolute atomic E-state index is 14.1. The number of rotatable bonds is 10. The lowest BCUT2D eigenvalue weighted by molar-refractivity contribution is -0.186. The Bertz CT molecular complexity index is 1040. The molecule has 0 spiro atoms. The Morgan fingerprint density at radius 1 is 1.26 bits per heavy atom. The number of nitrogens with zero attached hydrogens (tertiary/aromatic N) is 1. The average molecular weight is 501 g/mol. The third-order valence-electron chi connectivity index (χ3n) is 6.50. The molecule has 0 aliphatic carbocycles. The van der Waals surface area contributed by atoms with Gasteiger partial charge in [0.15, 0.2) is 5.69 Å². The molecule has 1 aliphatic rings. The van der Waals surface area contributed by atoms with Crippen molar-refractivity contribution in [3.63, 3.8) is 0 Å². The number of benzene rings is 1. The van der Waals surface area contributed by atoms with Crippen molar-refractivity contribution < 1.29 is 42.1 Å². The second-order valence-corrected chi connectivity index (χ2v) is 9.05. The number of hydrogen-bond donors (Lipinski definition) is 1. The topological polar surface area (TPSA) is 89.9 Å². The van der Waals surface area contributed by atoms with Crippen LogP contribution in [0.4, 0.5) is 18.9 Å². The van der Waals surface area contributed by atoms with E-state index in [2.05, 4.69) is 0 Å². The molecule has 1 heterocycles. The first-order valence-electron chi connectivity index (χ1n) is 11.5. The first kappa shape index (κ1) is 28.4. The highest BCUT2D eigenvalue weighted by Gasteiger charge is 2.59. The molecule has 1 aromatic carbocycles. The van der Waals surface area contributed by atoms with E-state index in [1.807, 2.05) is 0 Å². The van der Waals surface area contributed by atoms with Crippen LogP contribution in [0.1, 0.15) is 74.0 Å². The second-order valence-electron chi connectivity index (χ2n) is 9.05. The van der Waals surface area contributed by atoms with E-state index >= 15 is 0 Å². The normalized spacial score (nSPS) is 15.6. The molecule has 1 N–H and O–H groups in total. The van der Waals surface area contributed by atoms with Gasteiger partial charge in [-0.05, 0) is 46.1 Å². The molecule has 2 rings (SSSR count). The molecule has 1 aliphatic heterocycles. The van der Waals surface area contributed by atoms with Crippen LogP contribution in [0.25, 0.3) is 0 Å². The van der Waals surface area contributed by atoms with Crippen molar-refractivity contribution >= 4 is 23.5 Å². The number of amides is 1. The molecule has 1 atom stereocenters. The summed E-state index contributed by atoms with van der Waals surface area (Å²) in [6.45, 7) is 7.84. The largest absolute Gasteiger partial charge is 0.510 e. The van der Waals surface area contributed by atoms with E-state index in [4.69, 9.17) is 14.6 Å². The van der Waals surface area contributed by atoms with Gasteiger partial charge in [0.2, 0.25) is 0 Å². The van der Waals surface area contributed by atoms with Gasteiger partial charge in [0.25, 0.3) is 0 Å². The first-order valence-corrected chi connectivity index (χ1v) is 11.5. The number of hydrogen-bond acceptors (Lipinski definition) is 5. The van der Waals surface area contributed by atoms with Crippen molar-refractivity contribution in [2.24, 2.45) is 0 Å². The summed E-state index contributed by atoms with van der Waals surface area (Å²) in [6.07, 6.45) is -3.01. The van der Waals surface area contributed by atoms with E-state index in [1.165, 1.54) is 21.0 Å². The molecule has 1 aromatic rings. The van der Waals surface area contributed by atoms with Crippen LogP contribution in [0, 0.1) is 6.92 Å². The lowest BCUT2D eigenvalue weighted by atomic mass is 9.90. The number of carboxylic acid groups (broad SMARTS) is 1. The Hall–Kier alpha value is -2.88. The molecule has 0 saturated carbocycles. The zero-order valence-electron chi connectivity index (χ0n) is 21.0. The zero-order valence-corrected chi connectivity index (χ0v) is 21.0.